The summed E-state index contributed by atoms with van der Waals surface area (Å²) in [5.74, 6) is -0.180. The number of hydrogen-bond acceptors (Lipinski definition) is 4. The smallest absolute Gasteiger partial charge is 0.407 e. The number of rotatable bonds is 7. The van der Waals surface area contributed by atoms with Crippen LogP contribution in [0, 0.1) is 5.41 Å². The molecule has 1 aliphatic carbocycles. The van der Waals surface area contributed by atoms with Gasteiger partial charge in [0.2, 0.25) is 0 Å². The van der Waals surface area contributed by atoms with Crippen molar-refractivity contribution in [2.45, 2.75) is 77.9 Å². The first-order valence-electron chi connectivity index (χ1n) is 9.94. The van der Waals surface area contributed by atoms with E-state index in [1.807, 2.05) is 51.1 Å². The monoisotopic (exact) mass is 375 g/mol. The van der Waals surface area contributed by atoms with Crippen molar-refractivity contribution in [3.05, 3.63) is 35.9 Å². The van der Waals surface area contributed by atoms with Gasteiger partial charge in [0.25, 0.3) is 0 Å². The fourth-order valence-corrected chi connectivity index (χ4v) is 3.57. The first-order chi connectivity index (χ1) is 12.8. The van der Waals surface area contributed by atoms with E-state index in [2.05, 4.69) is 5.32 Å². The van der Waals surface area contributed by atoms with Crippen LogP contribution in [0.1, 0.15) is 71.3 Å². The van der Waals surface area contributed by atoms with Crippen LogP contribution in [0.25, 0.3) is 0 Å². The summed E-state index contributed by atoms with van der Waals surface area (Å²) in [6, 6.07) is 9.70. The molecule has 0 bridgehead atoms. The molecule has 0 radical (unpaired) electrons. The van der Waals surface area contributed by atoms with Gasteiger partial charge in [-0.3, -0.25) is 4.79 Å². The van der Waals surface area contributed by atoms with Crippen LogP contribution in [0.15, 0.2) is 30.3 Å². The van der Waals surface area contributed by atoms with E-state index < -0.39 is 5.60 Å². The number of amides is 1. The molecule has 0 spiro atoms. The Morgan fingerprint density at radius 2 is 1.74 bits per heavy atom. The van der Waals surface area contributed by atoms with E-state index >= 15 is 0 Å². The van der Waals surface area contributed by atoms with Crippen molar-refractivity contribution < 1.29 is 19.1 Å². The van der Waals surface area contributed by atoms with Crippen molar-refractivity contribution in [1.29, 1.82) is 0 Å². The van der Waals surface area contributed by atoms with Gasteiger partial charge in [-0.1, -0.05) is 49.6 Å². The molecular weight excluding hydrogens is 342 g/mol. The lowest BCUT2D eigenvalue weighted by atomic mass is 9.71. The maximum Gasteiger partial charge on any atom is 0.407 e. The van der Waals surface area contributed by atoms with Crippen LogP contribution in [-0.4, -0.2) is 24.2 Å². The number of carbonyl (C=O) groups is 2. The molecule has 5 nitrogen and oxygen atoms in total. The van der Waals surface area contributed by atoms with Crippen LogP contribution in [0.4, 0.5) is 4.79 Å². The largest absolute Gasteiger partial charge is 0.461 e. The average molecular weight is 376 g/mol. The molecule has 1 aromatic rings. The minimum atomic E-state index is -0.509. The second-order valence-electron chi connectivity index (χ2n) is 8.56. The van der Waals surface area contributed by atoms with Gasteiger partial charge >= 0.3 is 12.1 Å². The van der Waals surface area contributed by atoms with Crippen molar-refractivity contribution in [2.75, 3.05) is 6.54 Å². The number of esters is 1. The Morgan fingerprint density at radius 1 is 1.07 bits per heavy atom. The van der Waals surface area contributed by atoms with Crippen LogP contribution >= 0.6 is 0 Å². The molecular formula is C22H33NO4. The lowest BCUT2D eigenvalue weighted by molar-refractivity contribution is -0.145. The highest BCUT2D eigenvalue weighted by molar-refractivity contribution is 5.69. The Balaban J connectivity index is 1.82. The SMILES string of the molecule is CC(C)(C)OC(=O)NCC1(CCC(=O)OCc2ccccc2)CCCCC1. The van der Waals surface area contributed by atoms with Gasteiger partial charge in [-0.05, 0) is 51.0 Å². The number of carbonyl (C=O) groups excluding carboxylic acids is 2. The van der Waals surface area contributed by atoms with E-state index in [9.17, 15) is 9.59 Å². The summed E-state index contributed by atoms with van der Waals surface area (Å²) in [5, 5.41) is 2.92. The van der Waals surface area contributed by atoms with Gasteiger partial charge in [-0.2, -0.15) is 0 Å². The van der Waals surface area contributed by atoms with Crippen LogP contribution in [0.5, 0.6) is 0 Å². The van der Waals surface area contributed by atoms with Crippen molar-refractivity contribution in [2.24, 2.45) is 5.41 Å². The van der Waals surface area contributed by atoms with Crippen molar-refractivity contribution in [3.63, 3.8) is 0 Å². The molecule has 1 aliphatic rings. The predicted molar refractivity (Wildman–Crippen MR) is 105 cm³/mol. The minimum Gasteiger partial charge on any atom is -0.461 e. The van der Waals surface area contributed by atoms with Crippen molar-refractivity contribution >= 4 is 12.1 Å². The molecule has 27 heavy (non-hydrogen) atoms. The summed E-state index contributed by atoms with van der Waals surface area (Å²) in [7, 11) is 0. The fourth-order valence-electron chi connectivity index (χ4n) is 3.57. The lowest BCUT2D eigenvalue weighted by Crippen LogP contribution is -2.41. The molecule has 1 saturated carbocycles. The van der Waals surface area contributed by atoms with E-state index in [0.717, 1.165) is 37.7 Å². The van der Waals surface area contributed by atoms with E-state index in [1.165, 1.54) is 6.42 Å². The normalized spacial score (nSPS) is 16.4. The van der Waals surface area contributed by atoms with Gasteiger partial charge in [0.1, 0.15) is 12.2 Å². The third-order valence-electron chi connectivity index (χ3n) is 5.02. The summed E-state index contributed by atoms with van der Waals surface area (Å²) in [4.78, 5) is 24.2. The van der Waals surface area contributed by atoms with E-state index in [0.29, 0.717) is 19.6 Å². The molecule has 0 atom stereocenters. The zero-order valence-corrected chi connectivity index (χ0v) is 16.9. The van der Waals surface area contributed by atoms with E-state index in [-0.39, 0.29) is 17.5 Å². The molecule has 1 fully saturated rings. The van der Waals surface area contributed by atoms with Crippen molar-refractivity contribution in [1.82, 2.24) is 5.32 Å². The molecule has 1 N–H and O–H groups in total. The summed E-state index contributed by atoms with van der Waals surface area (Å²) in [5.41, 5.74) is 0.441. The highest BCUT2D eigenvalue weighted by Crippen LogP contribution is 2.40. The molecule has 2 rings (SSSR count). The third-order valence-corrected chi connectivity index (χ3v) is 5.02. The average Bonchev–Trinajstić information content (AvgIpc) is 2.63. The molecule has 0 unspecified atom stereocenters. The molecule has 5 heteroatoms. The number of nitrogens with one attached hydrogen (secondary N) is 1. The van der Waals surface area contributed by atoms with Gasteiger partial charge < -0.3 is 14.8 Å². The van der Waals surface area contributed by atoms with Gasteiger partial charge in [-0.25, -0.2) is 4.79 Å². The Morgan fingerprint density at radius 3 is 2.37 bits per heavy atom. The molecule has 0 heterocycles. The third kappa shape index (κ3) is 8.02. The second kappa shape index (κ2) is 9.77. The van der Waals surface area contributed by atoms with E-state index in [1.54, 1.807) is 0 Å². The zero-order chi connectivity index (χ0) is 19.8. The maximum atomic E-state index is 12.2. The van der Waals surface area contributed by atoms with Crippen LogP contribution in [0.3, 0.4) is 0 Å². The molecule has 0 aliphatic heterocycles. The summed E-state index contributed by atoms with van der Waals surface area (Å²) < 4.78 is 10.7. The number of alkyl carbamates (subject to hydrolysis) is 1. The predicted octanol–water partition coefficient (Wildman–Crippen LogP) is 4.99. The molecule has 0 saturated heterocycles. The highest BCUT2D eigenvalue weighted by atomic mass is 16.6. The highest BCUT2D eigenvalue weighted by Gasteiger charge is 2.33. The zero-order valence-electron chi connectivity index (χ0n) is 16.9. The Labute approximate surface area is 162 Å². The summed E-state index contributed by atoms with van der Waals surface area (Å²) in [6.45, 7) is 6.42. The summed E-state index contributed by atoms with van der Waals surface area (Å²) in [6.07, 6.45) is 6.25. The van der Waals surface area contributed by atoms with E-state index in [4.69, 9.17) is 9.47 Å². The molecule has 1 aromatic carbocycles. The minimum absolute atomic E-state index is 0.0408. The van der Waals surface area contributed by atoms with Crippen LogP contribution in [0.2, 0.25) is 0 Å². The van der Waals surface area contributed by atoms with Crippen molar-refractivity contribution in [3.8, 4) is 0 Å². The van der Waals surface area contributed by atoms with Gasteiger partial charge in [0.15, 0.2) is 0 Å². The topological polar surface area (TPSA) is 64.6 Å². The maximum absolute atomic E-state index is 12.2. The van der Waals surface area contributed by atoms with Crippen LogP contribution < -0.4 is 5.32 Å². The Bertz CT molecular complexity index is 600. The first kappa shape index (κ1) is 21.3. The summed E-state index contributed by atoms with van der Waals surface area (Å²) >= 11 is 0. The molecule has 150 valence electrons. The first-order valence-corrected chi connectivity index (χ1v) is 9.94. The van der Waals surface area contributed by atoms with Gasteiger partial charge in [0.05, 0.1) is 0 Å². The Hall–Kier alpha value is -2.04. The number of hydrogen-bond donors (Lipinski definition) is 1. The lowest BCUT2D eigenvalue weighted by Gasteiger charge is -2.37. The number of ether oxygens (including phenoxy) is 2. The van der Waals surface area contributed by atoms with Gasteiger partial charge in [-0.15, -0.1) is 0 Å². The number of benzene rings is 1. The second-order valence-corrected chi connectivity index (χ2v) is 8.56. The van der Waals surface area contributed by atoms with Gasteiger partial charge in [0, 0.05) is 13.0 Å². The standard InChI is InChI=1S/C22H33NO4/c1-21(2,3)27-20(25)23-17-22(13-8-5-9-14-22)15-12-19(24)26-16-18-10-6-4-7-11-18/h4,6-7,10-11H,5,8-9,12-17H2,1-3H3,(H,23,25). The fraction of sp³-hybridized carbons (Fsp3) is 0.636. The Kier molecular flexibility index (Phi) is 7.69. The van der Waals surface area contributed by atoms with Crippen LogP contribution in [-0.2, 0) is 20.9 Å². The molecule has 1 amide bonds. The molecule has 0 aromatic heterocycles. The quantitative estimate of drug-likeness (QED) is 0.682.